The first-order chi connectivity index (χ1) is 9.43. The normalized spacial score (nSPS) is 19.6. The Morgan fingerprint density at radius 3 is 2.65 bits per heavy atom. The van der Waals surface area contributed by atoms with Gasteiger partial charge in [-0.1, -0.05) is 23.4 Å². The summed E-state index contributed by atoms with van der Waals surface area (Å²) < 4.78 is 37.5. The fraction of sp³-hybridized carbons (Fsp3) is 0.462. The van der Waals surface area contributed by atoms with Crippen molar-refractivity contribution in [2.45, 2.75) is 25.1 Å². The van der Waals surface area contributed by atoms with Gasteiger partial charge in [-0.3, -0.25) is 0 Å². The Balaban J connectivity index is 2.31. The van der Waals surface area contributed by atoms with Crippen LogP contribution in [-0.2, 0) is 0 Å². The molecule has 0 spiro atoms. The van der Waals surface area contributed by atoms with Crippen LogP contribution in [0, 0.1) is 0 Å². The molecule has 0 saturated carbocycles. The van der Waals surface area contributed by atoms with Gasteiger partial charge in [-0.15, -0.1) is 0 Å². The fourth-order valence-electron chi connectivity index (χ4n) is 2.29. The molecular weight excluding hydrogens is 273 g/mol. The van der Waals surface area contributed by atoms with Crippen LogP contribution >= 0.6 is 0 Å². The number of oxime groups is 1. The average molecular weight is 288 g/mol. The highest BCUT2D eigenvalue weighted by Crippen LogP contribution is 2.29. The van der Waals surface area contributed by atoms with Crippen molar-refractivity contribution in [2.75, 3.05) is 18.0 Å². The number of alkyl halides is 3. The molecule has 1 aliphatic rings. The molecule has 2 rings (SSSR count). The van der Waals surface area contributed by atoms with E-state index in [-0.39, 0.29) is 0 Å². The second-order valence-corrected chi connectivity index (χ2v) is 4.67. The predicted octanol–water partition coefficient (Wildman–Crippen LogP) is 2.39. The Morgan fingerprint density at radius 2 is 2.00 bits per heavy atom. The molecule has 2 N–H and O–H groups in total. The van der Waals surface area contributed by atoms with Gasteiger partial charge < -0.3 is 15.2 Å². The number of rotatable bonds is 2. The third-order valence-corrected chi connectivity index (χ3v) is 3.29. The van der Waals surface area contributed by atoms with E-state index >= 15 is 0 Å². The largest absolute Gasteiger partial charge is 0.416 e. The van der Waals surface area contributed by atoms with Gasteiger partial charge in [0, 0.05) is 17.8 Å². The fourth-order valence-corrected chi connectivity index (χ4v) is 2.29. The highest BCUT2D eigenvalue weighted by molar-refractivity contribution is 6.05. The van der Waals surface area contributed by atoms with Crippen molar-refractivity contribution in [1.82, 2.24) is 0 Å². The number of aliphatic hydroxyl groups is 1. The molecule has 0 radical (unpaired) electrons. The Hall–Kier alpha value is -1.76. The summed E-state index contributed by atoms with van der Waals surface area (Å²) in [6, 6.07) is 6.79. The zero-order valence-corrected chi connectivity index (χ0v) is 10.6. The van der Waals surface area contributed by atoms with Crippen molar-refractivity contribution in [3.8, 4) is 0 Å². The molecule has 0 aromatic heterocycles. The molecule has 20 heavy (non-hydrogen) atoms. The minimum Gasteiger partial charge on any atom is -0.411 e. The minimum atomic E-state index is -4.64. The molecule has 0 fully saturated rings. The van der Waals surface area contributed by atoms with E-state index in [2.05, 4.69) is 5.16 Å². The molecule has 0 bridgehead atoms. The van der Waals surface area contributed by atoms with Crippen LogP contribution < -0.4 is 4.90 Å². The van der Waals surface area contributed by atoms with Crippen molar-refractivity contribution >= 4 is 11.4 Å². The van der Waals surface area contributed by atoms with Crippen LogP contribution in [0.25, 0.3) is 0 Å². The van der Waals surface area contributed by atoms with Gasteiger partial charge in [-0.2, -0.15) is 13.2 Å². The third kappa shape index (κ3) is 3.04. The lowest BCUT2D eigenvalue weighted by Gasteiger charge is -2.28. The van der Waals surface area contributed by atoms with E-state index in [4.69, 9.17) is 5.21 Å². The lowest BCUT2D eigenvalue weighted by atomic mass is 10.1. The number of hydrogen-bond acceptors (Lipinski definition) is 4. The van der Waals surface area contributed by atoms with E-state index in [9.17, 15) is 18.3 Å². The van der Waals surface area contributed by atoms with Crippen LogP contribution in [0.1, 0.15) is 18.4 Å². The van der Waals surface area contributed by atoms with Crippen LogP contribution in [0.4, 0.5) is 18.9 Å². The smallest absolute Gasteiger partial charge is 0.411 e. The zero-order chi connectivity index (χ0) is 14.8. The molecule has 4 nitrogen and oxygen atoms in total. The predicted molar refractivity (Wildman–Crippen MR) is 68.3 cm³/mol. The first-order valence-corrected chi connectivity index (χ1v) is 6.23. The third-order valence-electron chi connectivity index (χ3n) is 3.29. The molecule has 1 unspecified atom stereocenters. The van der Waals surface area contributed by atoms with Crippen LogP contribution in [0.2, 0.25) is 0 Å². The topological polar surface area (TPSA) is 56.1 Å². The maximum absolute atomic E-state index is 12.5. The number of fused-ring (bicyclic) bond motifs is 1. The molecular formula is C13H15F3N2O2. The van der Waals surface area contributed by atoms with Gasteiger partial charge in [-0.05, 0) is 18.9 Å². The number of para-hydroxylation sites is 1. The maximum atomic E-state index is 12.5. The number of anilines is 1. The number of halogens is 3. The minimum absolute atomic E-state index is 0.364. The second kappa shape index (κ2) is 5.70. The standard InChI is InChI=1S/C13H15F3N2O2/c14-13(15,16)12(19)8-18-7-3-5-10(17-20)9-4-1-2-6-11(9)18/h1-2,4,6,12,19-20H,3,5,7-8H2/b17-10-. The lowest BCUT2D eigenvalue weighted by molar-refractivity contribution is -0.200. The second-order valence-electron chi connectivity index (χ2n) is 4.67. The Kier molecular flexibility index (Phi) is 4.17. The maximum Gasteiger partial charge on any atom is 0.416 e. The SMILES string of the molecule is O/N=C1/CCCN(CC(O)C(F)(F)F)c2ccccc21. The number of β-amino-alcohol motifs (C(OH)–C–C–N with tert-alkyl or cyclic N) is 1. The number of aliphatic hydroxyl groups excluding tert-OH is 1. The van der Waals surface area contributed by atoms with Crippen LogP contribution in [-0.4, -0.2) is 41.4 Å². The summed E-state index contributed by atoms with van der Waals surface area (Å²) in [6.45, 7) is -0.164. The summed E-state index contributed by atoms with van der Waals surface area (Å²) in [6.07, 6.45) is -6.01. The highest BCUT2D eigenvalue weighted by Gasteiger charge is 2.39. The molecule has 1 aromatic carbocycles. The molecule has 1 aliphatic heterocycles. The van der Waals surface area contributed by atoms with Gasteiger partial charge in [-0.25, -0.2) is 0 Å². The van der Waals surface area contributed by atoms with Crippen LogP contribution in [0.5, 0.6) is 0 Å². The Labute approximate surface area is 114 Å². The van der Waals surface area contributed by atoms with E-state index < -0.39 is 18.8 Å². The summed E-state index contributed by atoms with van der Waals surface area (Å²) >= 11 is 0. The van der Waals surface area contributed by atoms with E-state index in [0.717, 1.165) is 0 Å². The van der Waals surface area contributed by atoms with Crippen molar-refractivity contribution in [1.29, 1.82) is 0 Å². The van der Waals surface area contributed by atoms with Gasteiger partial charge in [0.25, 0.3) is 0 Å². The van der Waals surface area contributed by atoms with Gasteiger partial charge in [0.2, 0.25) is 0 Å². The molecule has 1 atom stereocenters. The highest BCUT2D eigenvalue weighted by atomic mass is 19.4. The molecule has 1 aromatic rings. The first kappa shape index (κ1) is 14.6. The van der Waals surface area contributed by atoms with E-state index in [1.54, 1.807) is 24.3 Å². The Morgan fingerprint density at radius 1 is 1.30 bits per heavy atom. The monoisotopic (exact) mass is 288 g/mol. The van der Waals surface area contributed by atoms with Gasteiger partial charge in [0.05, 0.1) is 12.3 Å². The molecule has 1 heterocycles. The van der Waals surface area contributed by atoms with E-state index in [1.165, 1.54) is 4.90 Å². The van der Waals surface area contributed by atoms with Crippen LogP contribution in [0.3, 0.4) is 0 Å². The summed E-state index contributed by atoms with van der Waals surface area (Å²) in [5.74, 6) is 0. The van der Waals surface area contributed by atoms with Crippen molar-refractivity contribution in [3.05, 3.63) is 29.8 Å². The van der Waals surface area contributed by atoms with Gasteiger partial charge >= 0.3 is 6.18 Å². The van der Waals surface area contributed by atoms with Crippen molar-refractivity contribution in [2.24, 2.45) is 5.16 Å². The molecule has 0 saturated heterocycles. The van der Waals surface area contributed by atoms with E-state index in [1.807, 2.05) is 0 Å². The lowest BCUT2D eigenvalue weighted by Crippen LogP contribution is -2.41. The zero-order valence-electron chi connectivity index (χ0n) is 10.6. The summed E-state index contributed by atoms with van der Waals surface area (Å²) in [5, 5.41) is 21.4. The Bertz CT molecular complexity index is 503. The van der Waals surface area contributed by atoms with Crippen molar-refractivity contribution in [3.63, 3.8) is 0 Å². The quantitative estimate of drug-likeness (QED) is 0.649. The average Bonchev–Trinajstić information content (AvgIpc) is 2.57. The summed E-state index contributed by atoms with van der Waals surface area (Å²) in [4.78, 5) is 1.48. The molecule has 7 heteroatoms. The number of nitrogens with zero attached hydrogens (tertiary/aromatic N) is 2. The number of hydrogen-bond donors (Lipinski definition) is 2. The van der Waals surface area contributed by atoms with Gasteiger partial charge in [0.1, 0.15) is 0 Å². The van der Waals surface area contributed by atoms with Crippen molar-refractivity contribution < 1.29 is 23.5 Å². The van der Waals surface area contributed by atoms with Crippen LogP contribution in [0.15, 0.2) is 29.4 Å². The first-order valence-electron chi connectivity index (χ1n) is 6.23. The molecule has 0 aliphatic carbocycles. The number of benzene rings is 1. The summed E-state index contributed by atoms with van der Waals surface area (Å²) in [7, 11) is 0. The van der Waals surface area contributed by atoms with Gasteiger partial charge in [0.15, 0.2) is 6.10 Å². The molecule has 0 amide bonds. The molecule has 110 valence electrons. The summed E-state index contributed by atoms with van der Waals surface area (Å²) in [5.41, 5.74) is 1.59. The van der Waals surface area contributed by atoms with E-state index in [0.29, 0.717) is 36.3 Å².